The molecule has 8 heteroatoms. The van der Waals surface area contributed by atoms with Gasteiger partial charge in [0, 0.05) is 31.0 Å². The molecular formula is C16H15ClF3N3O. The maximum Gasteiger partial charge on any atom is 0.393 e. The predicted molar refractivity (Wildman–Crippen MR) is 86.6 cm³/mol. The third kappa shape index (κ3) is 3.67. The summed E-state index contributed by atoms with van der Waals surface area (Å²) in [5.74, 6) is -0.0130. The van der Waals surface area contributed by atoms with E-state index in [1.807, 2.05) is 0 Å². The van der Waals surface area contributed by atoms with Crippen LogP contribution in [-0.4, -0.2) is 24.2 Å². The Morgan fingerprint density at radius 1 is 1.25 bits per heavy atom. The highest BCUT2D eigenvalue weighted by atomic mass is 35.5. The van der Waals surface area contributed by atoms with Crippen molar-refractivity contribution in [3.63, 3.8) is 0 Å². The summed E-state index contributed by atoms with van der Waals surface area (Å²) in [5, 5.41) is 0.353. The summed E-state index contributed by atoms with van der Waals surface area (Å²) < 4.78 is 44.1. The first-order valence-electron chi connectivity index (χ1n) is 7.33. The molecule has 1 aliphatic heterocycles. The van der Waals surface area contributed by atoms with E-state index in [0.717, 1.165) is 0 Å². The number of nitrogens with zero attached hydrogens (tertiary/aromatic N) is 2. The predicted octanol–water partition coefficient (Wildman–Crippen LogP) is 4.50. The monoisotopic (exact) mass is 357 g/mol. The summed E-state index contributed by atoms with van der Waals surface area (Å²) in [4.78, 5) is 5.75. The van der Waals surface area contributed by atoms with Crippen LogP contribution in [0.25, 0.3) is 0 Å². The number of rotatable bonds is 3. The lowest BCUT2D eigenvalue weighted by Gasteiger charge is -2.19. The summed E-state index contributed by atoms with van der Waals surface area (Å²) in [6, 6.07) is 8.07. The second kappa shape index (κ2) is 6.39. The van der Waals surface area contributed by atoms with Crippen LogP contribution in [0.15, 0.2) is 36.5 Å². The molecule has 0 bridgehead atoms. The van der Waals surface area contributed by atoms with Crippen LogP contribution in [0.2, 0.25) is 5.02 Å². The van der Waals surface area contributed by atoms with Crippen molar-refractivity contribution in [2.24, 2.45) is 5.92 Å². The minimum atomic E-state index is -4.18. The summed E-state index contributed by atoms with van der Waals surface area (Å²) in [6.07, 6.45) is -2.61. The molecule has 0 aliphatic carbocycles. The molecule has 4 nitrogen and oxygen atoms in total. The molecule has 1 saturated heterocycles. The van der Waals surface area contributed by atoms with Crippen molar-refractivity contribution in [1.29, 1.82) is 0 Å². The number of benzene rings is 1. The van der Waals surface area contributed by atoms with Crippen molar-refractivity contribution in [3.8, 4) is 11.5 Å². The Bertz CT molecular complexity index is 739. The van der Waals surface area contributed by atoms with E-state index in [0.29, 0.717) is 34.6 Å². The maximum absolute atomic E-state index is 12.8. The lowest BCUT2D eigenvalue weighted by molar-refractivity contribution is -0.168. The van der Waals surface area contributed by atoms with Gasteiger partial charge in [-0.05, 0) is 30.7 Å². The number of aromatic nitrogens is 1. The molecule has 0 radical (unpaired) electrons. The van der Waals surface area contributed by atoms with Gasteiger partial charge >= 0.3 is 6.18 Å². The molecule has 1 aromatic heterocycles. The van der Waals surface area contributed by atoms with E-state index in [9.17, 15) is 13.2 Å². The largest absolute Gasteiger partial charge is 0.456 e. The minimum absolute atomic E-state index is 0.0695. The molecule has 2 N–H and O–H groups in total. The van der Waals surface area contributed by atoms with Crippen LogP contribution in [0.1, 0.15) is 6.42 Å². The van der Waals surface area contributed by atoms with Crippen LogP contribution in [0.4, 0.5) is 24.7 Å². The third-order valence-electron chi connectivity index (χ3n) is 3.88. The van der Waals surface area contributed by atoms with E-state index in [4.69, 9.17) is 22.1 Å². The molecule has 3 rings (SSSR count). The Morgan fingerprint density at radius 3 is 2.71 bits per heavy atom. The van der Waals surface area contributed by atoms with Gasteiger partial charge < -0.3 is 15.4 Å². The van der Waals surface area contributed by atoms with Crippen LogP contribution >= 0.6 is 11.6 Å². The quantitative estimate of drug-likeness (QED) is 0.822. The Balaban J connectivity index is 1.75. The Hall–Kier alpha value is -2.15. The van der Waals surface area contributed by atoms with E-state index < -0.39 is 12.1 Å². The van der Waals surface area contributed by atoms with E-state index in [2.05, 4.69) is 4.98 Å². The third-order valence-corrected chi connectivity index (χ3v) is 4.17. The van der Waals surface area contributed by atoms with Crippen LogP contribution in [0, 0.1) is 5.92 Å². The molecule has 0 saturated carbocycles. The average Bonchev–Trinajstić information content (AvgIpc) is 3.01. The molecule has 24 heavy (non-hydrogen) atoms. The number of pyridine rings is 1. The molecule has 0 amide bonds. The van der Waals surface area contributed by atoms with Gasteiger partial charge in [-0.15, -0.1) is 0 Å². The second-order valence-electron chi connectivity index (χ2n) is 5.61. The van der Waals surface area contributed by atoms with Crippen molar-refractivity contribution in [2.75, 3.05) is 23.7 Å². The molecule has 1 atom stereocenters. The molecule has 128 valence electrons. The first-order valence-corrected chi connectivity index (χ1v) is 7.71. The van der Waals surface area contributed by atoms with E-state index in [1.54, 1.807) is 35.2 Å². The first-order chi connectivity index (χ1) is 11.3. The lowest BCUT2D eigenvalue weighted by Crippen LogP contribution is -2.27. The topological polar surface area (TPSA) is 51.4 Å². The van der Waals surface area contributed by atoms with Crippen molar-refractivity contribution < 1.29 is 17.9 Å². The van der Waals surface area contributed by atoms with Crippen LogP contribution in [0.5, 0.6) is 11.5 Å². The van der Waals surface area contributed by atoms with Crippen LogP contribution in [0.3, 0.4) is 0 Å². The Labute approximate surface area is 142 Å². The molecule has 2 heterocycles. The zero-order valence-electron chi connectivity index (χ0n) is 12.6. The van der Waals surface area contributed by atoms with Gasteiger partial charge in [0.05, 0.1) is 10.9 Å². The smallest absolute Gasteiger partial charge is 0.393 e. The normalized spacial score (nSPS) is 18.0. The average molecular weight is 358 g/mol. The first kappa shape index (κ1) is 16.7. The number of ether oxygens (including phenoxy) is 1. The van der Waals surface area contributed by atoms with Gasteiger partial charge in [0.15, 0.2) is 0 Å². The number of nitrogen functional groups attached to an aromatic ring is 1. The summed E-state index contributed by atoms with van der Waals surface area (Å²) in [5.41, 5.74) is 6.14. The van der Waals surface area contributed by atoms with Crippen molar-refractivity contribution in [1.82, 2.24) is 4.98 Å². The summed E-state index contributed by atoms with van der Waals surface area (Å²) in [7, 11) is 0. The summed E-state index contributed by atoms with van der Waals surface area (Å²) >= 11 is 6.06. The minimum Gasteiger partial charge on any atom is -0.456 e. The fourth-order valence-electron chi connectivity index (χ4n) is 2.60. The Kier molecular flexibility index (Phi) is 4.45. The zero-order chi connectivity index (χ0) is 17.3. The van der Waals surface area contributed by atoms with Gasteiger partial charge in [0.1, 0.15) is 17.3 Å². The fraction of sp³-hybridized carbons (Fsp3) is 0.312. The number of hydrogen-bond acceptors (Lipinski definition) is 4. The molecule has 1 fully saturated rings. The zero-order valence-corrected chi connectivity index (χ0v) is 13.3. The molecule has 1 unspecified atom stereocenters. The molecule has 1 aliphatic rings. The molecule has 0 spiro atoms. The van der Waals surface area contributed by atoms with Gasteiger partial charge in [-0.2, -0.15) is 13.2 Å². The van der Waals surface area contributed by atoms with Crippen molar-refractivity contribution in [2.45, 2.75) is 12.6 Å². The number of hydrogen-bond donors (Lipinski definition) is 1. The van der Waals surface area contributed by atoms with Gasteiger partial charge in [0.2, 0.25) is 0 Å². The van der Waals surface area contributed by atoms with Gasteiger partial charge in [-0.1, -0.05) is 11.6 Å². The van der Waals surface area contributed by atoms with E-state index in [1.165, 1.54) is 6.20 Å². The highest BCUT2D eigenvalue weighted by molar-refractivity contribution is 6.32. The standard InChI is InChI=1S/C16H15ClF3N3O/c17-13-7-11(21)1-2-14(13)24-12-3-5-22-15(8-12)23-6-4-10(9-23)16(18,19)20/h1-3,5,7-8,10H,4,6,9,21H2. The highest BCUT2D eigenvalue weighted by Gasteiger charge is 2.43. The number of anilines is 2. The van der Waals surface area contributed by atoms with Gasteiger partial charge in [0.25, 0.3) is 0 Å². The van der Waals surface area contributed by atoms with Crippen molar-refractivity contribution in [3.05, 3.63) is 41.6 Å². The van der Waals surface area contributed by atoms with Crippen LogP contribution < -0.4 is 15.4 Å². The van der Waals surface area contributed by atoms with E-state index >= 15 is 0 Å². The summed E-state index contributed by atoms with van der Waals surface area (Å²) in [6.45, 7) is 0.214. The molecule has 2 aromatic rings. The maximum atomic E-state index is 12.8. The van der Waals surface area contributed by atoms with Gasteiger partial charge in [-0.3, -0.25) is 0 Å². The second-order valence-corrected chi connectivity index (χ2v) is 6.02. The van der Waals surface area contributed by atoms with Crippen molar-refractivity contribution >= 4 is 23.1 Å². The number of halogens is 4. The van der Waals surface area contributed by atoms with Crippen LogP contribution in [-0.2, 0) is 0 Å². The SMILES string of the molecule is Nc1ccc(Oc2ccnc(N3CCC(C(F)(F)F)C3)c2)c(Cl)c1. The molecular weight excluding hydrogens is 343 g/mol. The highest BCUT2D eigenvalue weighted by Crippen LogP contribution is 2.36. The number of alkyl halides is 3. The number of nitrogens with two attached hydrogens (primary N) is 1. The fourth-order valence-corrected chi connectivity index (χ4v) is 2.83. The lowest BCUT2D eigenvalue weighted by atomic mass is 10.1. The Morgan fingerprint density at radius 2 is 2.04 bits per heavy atom. The van der Waals surface area contributed by atoms with E-state index in [-0.39, 0.29) is 13.0 Å². The molecule has 1 aromatic carbocycles. The van der Waals surface area contributed by atoms with Gasteiger partial charge in [-0.25, -0.2) is 4.98 Å².